The van der Waals surface area contributed by atoms with Crippen LogP contribution in [-0.2, 0) is 6.42 Å². The van der Waals surface area contributed by atoms with Gasteiger partial charge in [-0.15, -0.1) is 0 Å². The third-order valence-electron chi connectivity index (χ3n) is 4.41. The number of amides is 1. The number of para-hydroxylation sites is 1. The van der Waals surface area contributed by atoms with Gasteiger partial charge in [-0.2, -0.15) is 5.10 Å². The molecular weight excluding hydrogens is 324 g/mol. The van der Waals surface area contributed by atoms with Crippen LogP contribution < -0.4 is 5.32 Å². The van der Waals surface area contributed by atoms with Gasteiger partial charge in [-0.25, -0.2) is 4.68 Å². The highest BCUT2D eigenvalue weighted by Crippen LogP contribution is 2.21. The van der Waals surface area contributed by atoms with Crippen molar-refractivity contribution in [2.45, 2.75) is 19.8 Å². The molecule has 130 valence electrons. The van der Waals surface area contributed by atoms with Crippen molar-refractivity contribution >= 4 is 22.5 Å². The van der Waals surface area contributed by atoms with E-state index < -0.39 is 0 Å². The number of hydrogen-bond acceptors (Lipinski definition) is 2. The summed E-state index contributed by atoms with van der Waals surface area (Å²) in [6.45, 7) is 2.10. The van der Waals surface area contributed by atoms with Crippen LogP contribution in [0.15, 0.2) is 67.0 Å². The van der Waals surface area contributed by atoms with E-state index in [0.717, 1.165) is 40.8 Å². The van der Waals surface area contributed by atoms with Crippen LogP contribution in [0.25, 0.3) is 16.6 Å². The molecule has 1 amide bonds. The molecule has 2 aromatic carbocycles. The van der Waals surface area contributed by atoms with E-state index in [2.05, 4.69) is 22.3 Å². The van der Waals surface area contributed by atoms with E-state index in [-0.39, 0.29) is 5.91 Å². The second-order valence-electron chi connectivity index (χ2n) is 6.24. The van der Waals surface area contributed by atoms with Gasteiger partial charge >= 0.3 is 0 Å². The lowest BCUT2D eigenvalue weighted by molar-refractivity contribution is 0.102. The molecule has 2 aromatic heterocycles. The van der Waals surface area contributed by atoms with Crippen molar-refractivity contribution in [1.82, 2.24) is 14.8 Å². The van der Waals surface area contributed by atoms with Gasteiger partial charge in [0, 0.05) is 22.8 Å². The van der Waals surface area contributed by atoms with Gasteiger partial charge in [-0.3, -0.25) is 4.79 Å². The Labute approximate surface area is 151 Å². The summed E-state index contributed by atoms with van der Waals surface area (Å²) in [5, 5.41) is 8.52. The quantitative estimate of drug-likeness (QED) is 0.557. The van der Waals surface area contributed by atoms with Crippen molar-refractivity contribution in [2.75, 3.05) is 5.32 Å². The average Bonchev–Trinajstić information content (AvgIpc) is 3.29. The average molecular weight is 344 g/mol. The van der Waals surface area contributed by atoms with Crippen molar-refractivity contribution in [2.24, 2.45) is 0 Å². The van der Waals surface area contributed by atoms with Crippen molar-refractivity contribution < 1.29 is 4.79 Å². The Morgan fingerprint density at radius 1 is 1.15 bits per heavy atom. The highest BCUT2D eigenvalue weighted by Gasteiger charge is 2.18. The Kier molecular flexibility index (Phi) is 4.27. The van der Waals surface area contributed by atoms with Crippen LogP contribution in [0.3, 0.4) is 0 Å². The normalized spacial score (nSPS) is 11.0. The first-order valence-electron chi connectivity index (χ1n) is 8.77. The second-order valence-corrected chi connectivity index (χ2v) is 6.24. The van der Waals surface area contributed by atoms with E-state index in [9.17, 15) is 4.79 Å². The number of rotatable bonds is 5. The van der Waals surface area contributed by atoms with Crippen molar-refractivity contribution in [1.29, 1.82) is 0 Å². The van der Waals surface area contributed by atoms with Crippen LogP contribution >= 0.6 is 0 Å². The molecule has 0 fully saturated rings. The molecule has 0 unspecified atom stereocenters. The molecule has 0 radical (unpaired) electrons. The minimum atomic E-state index is -0.134. The first-order chi connectivity index (χ1) is 12.8. The molecule has 2 N–H and O–H groups in total. The summed E-state index contributed by atoms with van der Waals surface area (Å²) in [5.41, 5.74) is 4.33. The molecule has 4 aromatic rings. The summed E-state index contributed by atoms with van der Waals surface area (Å²) < 4.78 is 1.85. The van der Waals surface area contributed by atoms with Gasteiger partial charge in [0.25, 0.3) is 5.91 Å². The van der Waals surface area contributed by atoms with Gasteiger partial charge in [0.15, 0.2) is 0 Å². The number of aromatic nitrogens is 3. The maximum atomic E-state index is 12.9. The van der Waals surface area contributed by atoms with Gasteiger partial charge in [0.1, 0.15) is 0 Å². The van der Waals surface area contributed by atoms with Crippen LogP contribution in [-0.4, -0.2) is 20.7 Å². The Morgan fingerprint density at radius 3 is 2.81 bits per heavy atom. The number of nitrogens with zero attached hydrogens (tertiary/aromatic N) is 2. The number of carbonyl (C=O) groups is 1. The maximum Gasteiger partial charge on any atom is 0.259 e. The minimum Gasteiger partial charge on any atom is -0.361 e. The van der Waals surface area contributed by atoms with Crippen LogP contribution in [0, 0.1) is 0 Å². The molecule has 5 nitrogen and oxygen atoms in total. The van der Waals surface area contributed by atoms with Crippen molar-refractivity contribution in [3.8, 4) is 5.69 Å². The number of fused-ring (bicyclic) bond motifs is 1. The second kappa shape index (κ2) is 6.88. The molecule has 0 aliphatic carbocycles. The molecule has 4 rings (SSSR count). The number of nitrogens with one attached hydrogen (secondary N) is 2. The fraction of sp³-hybridized carbons (Fsp3) is 0.143. The molecule has 0 saturated carbocycles. The van der Waals surface area contributed by atoms with E-state index in [0.29, 0.717) is 5.56 Å². The van der Waals surface area contributed by atoms with Crippen LogP contribution in [0.5, 0.6) is 0 Å². The van der Waals surface area contributed by atoms with E-state index >= 15 is 0 Å². The minimum absolute atomic E-state index is 0.134. The Morgan fingerprint density at radius 2 is 2.00 bits per heavy atom. The zero-order valence-electron chi connectivity index (χ0n) is 14.6. The van der Waals surface area contributed by atoms with Gasteiger partial charge in [-0.05, 0) is 42.8 Å². The van der Waals surface area contributed by atoms with E-state index in [1.165, 1.54) is 0 Å². The number of H-pyrrole nitrogens is 1. The lowest BCUT2D eigenvalue weighted by atomic mass is 10.1. The van der Waals surface area contributed by atoms with Crippen LogP contribution in [0.1, 0.15) is 29.4 Å². The molecule has 0 aliphatic rings. The van der Waals surface area contributed by atoms with Crippen molar-refractivity contribution in [3.05, 3.63) is 78.2 Å². The Bertz CT molecular complexity index is 1050. The molecule has 26 heavy (non-hydrogen) atoms. The lowest BCUT2D eigenvalue weighted by Gasteiger charge is -2.09. The summed E-state index contributed by atoms with van der Waals surface area (Å²) in [6.07, 6.45) is 5.27. The molecule has 0 aliphatic heterocycles. The Hall–Kier alpha value is -3.34. The van der Waals surface area contributed by atoms with E-state index in [1.54, 1.807) is 6.20 Å². The van der Waals surface area contributed by atoms with E-state index in [4.69, 9.17) is 0 Å². The number of aromatic amines is 1. The SMILES string of the molecule is CCCc1c(C(=O)Nc2ccc3[nH]ccc3c2)cnn1-c1ccccc1. The zero-order chi connectivity index (χ0) is 17.9. The molecule has 0 saturated heterocycles. The highest BCUT2D eigenvalue weighted by atomic mass is 16.1. The van der Waals surface area contributed by atoms with Crippen LogP contribution in [0.4, 0.5) is 5.69 Å². The summed E-state index contributed by atoms with van der Waals surface area (Å²) in [4.78, 5) is 16.0. The third-order valence-corrected chi connectivity index (χ3v) is 4.41. The molecule has 2 heterocycles. The van der Waals surface area contributed by atoms with Gasteiger partial charge in [0.05, 0.1) is 23.1 Å². The van der Waals surface area contributed by atoms with Crippen molar-refractivity contribution in [3.63, 3.8) is 0 Å². The fourth-order valence-corrected chi connectivity index (χ4v) is 3.16. The lowest BCUT2D eigenvalue weighted by Crippen LogP contribution is -2.14. The Balaban J connectivity index is 1.65. The smallest absolute Gasteiger partial charge is 0.259 e. The third kappa shape index (κ3) is 2.99. The molecular formula is C21H20N4O. The van der Waals surface area contributed by atoms with E-state index in [1.807, 2.05) is 65.5 Å². The molecule has 5 heteroatoms. The largest absolute Gasteiger partial charge is 0.361 e. The molecule has 0 bridgehead atoms. The monoisotopic (exact) mass is 344 g/mol. The highest BCUT2D eigenvalue weighted by molar-refractivity contribution is 6.05. The summed E-state index contributed by atoms with van der Waals surface area (Å²) in [7, 11) is 0. The number of anilines is 1. The van der Waals surface area contributed by atoms with Crippen LogP contribution in [0.2, 0.25) is 0 Å². The predicted octanol–water partition coefficient (Wildman–Crippen LogP) is 4.56. The molecule has 0 atom stereocenters. The molecule has 0 spiro atoms. The number of benzene rings is 2. The maximum absolute atomic E-state index is 12.9. The number of hydrogen-bond donors (Lipinski definition) is 2. The summed E-state index contributed by atoms with van der Waals surface area (Å²) in [6, 6.07) is 17.7. The predicted molar refractivity (Wildman–Crippen MR) is 104 cm³/mol. The summed E-state index contributed by atoms with van der Waals surface area (Å²) in [5.74, 6) is -0.134. The fourth-order valence-electron chi connectivity index (χ4n) is 3.16. The van der Waals surface area contributed by atoms with Gasteiger partial charge in [-0.1, -0.05) is 31.5 Å². The zero-order valence-corrected chi connectivity index (χ0v) is 14.6. The van der Waals surface area contributed by atoms with Gasteiger partial charge in [0.2, 0.25) is 0 Å². The first kappa shape index (κ1) is 16.1. The standard InChI is InChI=1S/C21H20N4O/c1-2-6-20-18(14-23-25(20)17-7-4-3-5-8-17)21(26)24-16-9-10-19-15(13-16)11-12-22-19/h3-5,7-14,22H,2,6H2,1H3,(H,24,26). The summed E-state index contributed by atoms with van der Waals surface area (Å²) >= 11 is 0. The first-order valence-corrected chi connectivity index (χ1v) is 8.77. The topological polar surface area (TPSA) is 62.7 Å². The van der Waals surface area contributed by atoms with Gasteiger partial charge < -0.3 is 10.3 Å². The number of carbonyl (C=O) groups excluding carboxylic acids is 1.